The molecule has 0 fully saturated rings. The van der Waals surface area contributed by atoms with Crippen molar-refractivity contribution >= 4 is 22.0 Å². The van der Waals surface area contributed by atoms with Gasteiger partial charge >= 0.3 is 0 Å². The number of carbonyl (C=O) groups is 1. The topological polar surface area (TPSA) is 75.3 Å². The number of hydrogen-bond donors (Lipinski definition) is 2. The molecule has 1 amide bonds. The van der Waals surface area contributed by atoms with Crippen LogP contribution in [0.3, 0.4) is 0 Å². The van der Waals surface area contributed by atoms with Gasteiger partial charge in [-0.3, -0.25) is 10.2 Å². The Hall–Kier alpha value is -2.44. The van der Waals surface area contributed by atoms with Gasteiger partial charge in [-0.1, -0.05) is 48.0 Å². The van der Waals surface area contributed by atoms with Gasteiger partial charge in [-0.25, -0.2) is 8.42 Å². The molecule has 0 bridgehead atoms. The average Bonchev–Trinajstić information content (AvgIpc) is 2.52. The lowest BCUT2D eigenvalue weighted by atomic mass is 10.2. The van der Waals surface area contributed by atoms with E-state index in [0.717, 1.165) is 11.1 Å². The smallest absolute Gasteiger partial charge is 0.258 e. The van der Waals surface area contributed by atoms with E-state index in [0.29, 0.717) is 0 Å². The number of benzene rings is 2. The predicted octanol–water partition coefficient (Wildman–Crippen LogP) is 2.02. The molecule has 0 heterocycles. The Labute approximate surface area is 129 Å². The molecule has 0 atom stereocenters. The van der Waals surface area contributed by atoms with E-state index in [1.807, 2.05) is 37.3 Å². The van der Waals surface area contributed by atoms with Crippen LogP contribution in [0.4, 0.5) is 0 Å². The van der Waals surface area contributed by atoms with E-state index < -0.39 is 15.9 Å². The Kier molecular flexibility index (Phi) is 5.08. The molecule has 2 aromatic carbocycles. The number of hydrogen-bond acceptors (Lipinski definition) is 3. The molecule has 0 radical (unpaired) electrons. The number of sulfonamides is 1. The van der Waals surface area contributed by atoms with Crippen molar-refractivity contribution in [2.45, 2.75) is 11.8 Å². The van der Waals surface area contributed by atoms with Crippen LogP contribution in [-0.4, -0.2) is 14.3 Å². The molecule has 0 aliphatic rings. The number of nitrogens with one attached hydrogen (secondary N) is 2. The second-order valence-electron chi connectivity index (χ2n) is 4.65. The minimum absolute atomic E-state index is 0.0884. The largest absolute Gasteiger partial charge is 0.274 e. The maximum absolute atomic E-state index is 12.0. The van der Waals surface area contributed by atoms with Gasteiger partial charge in [-0.05, 0) is 30.7 Å². The van der Waals surface area contributed by atoms with Gasteiger partial charge in [0.25, 0.3) is 15.9 Å². The maximum Gasteiger partial charge on any atom is 0.258 e. The Morgan fingerprint density at radius 1 is 1.00 bits per heavy atom. The highest BCUT2D eigenvalue weighted by molar-refractivity contribution is 7.89. The van der Waals surface area contributed by atoms with Gasteiger partial charge < -0.3 is 0 Å². The van der Waals surface area contributed by atoms with E-state index >= 15 is 0 Å². The fraction of sp³-hybridized carbons (Fsp3) is 0.0625. The van der Waals surface area contributed by atoms with Crippen LogP contribution in [0.25, 0.3) is 6.08 Å². The van der Waals surface area contributed by atoms with Crippen LogP contribution < -0.4 is 10.3 Å². The zero-order valence-corrected chi connectivity index (χ0v) is 12.8. The molecule has 114 valence electrons. The SMILES string of the molecule is Cc1ccc(S(=O)(=O)NNC(=O)/C=C\c2ccccc2)cc1. The second kappa shape index (κ2) is 7.02. The molecule has 6 heteroatoms. The average molecular weight is 316 g/mol. The lowest BCUT2D eigenvalue weighted by Crippen LogP contribution is -2.40. The lowest BCUT2D eigenvalue weighted by Gasteiger charge is -2.07. The summed E-state index contributed by atoms with van der Waals surface area (Å²) in [4.78, 5) is 13.8. The fourth-order valence-corrected chi connectivity index (χ4v) is 2.52. The summed E-state index contributed by atoms with van der Waals surface area (Å²) < 4.78 is 23.9. The quantitative estimate of drug-likeness (QED) is 0.654. The molecule has 5 nitrogen and oxygen atoms in total. The van der Waals surface area contributed by atoms with Gasteiger partial charge in [0.1, 0.15) is 0 Å². The summed E-state index contributed by atoms with van der Waals surface area (Å²) in [6.45, 7) is 1.86. The van der Waals surface area contributed by atoms with E-state index in [2.05, 4.69) is 10.3 Å². The van der Waals surface area contributed by atoms with E-state index in [1.54, 1.807) is 18.2 Å². The molecule has 2 aromatic rings. The van der Waals surface area contributed by atoms with Crippen LogP contribution in [0.15, 0.2) is 65.6 Å². The molecule has 0 aliphatic heterocycles. The number of hydrazine groups is 1. The highest BCUT2D eigenvalue weighted by Crippen LogP contribution is 2.09. The van der Waals surface area contributed by atoms with Crippen LogP contribution in [-0.2, 0) is 14.8 Å². The highest BCUT2D eigenvalue weighted by atomic mass is 32.2. The molecule has 0 unspecified atom stereocenters. The van der Waals surface area contributed by atoms with Crippen molar-refractivity contribution in [3.63, 3.8) is 0 Å². The van der Waals surface area contributed by atoms with E-state index in [4.69, 9.17) is 0 Å². The Bertz CT molecular complexity index is 767. The van der Waals surface area contributed by atoms with Crippen molar-refractivity contribution in [3.8, 4) is 0 Å². The van der Waals surface area contributed by atoms with E-state index in [-0.39, 0.29) is 4.90 Å². The first-order valence-electron chi connectivity index (χ1n) is 6.59. The predicted molar refractivity (Wildman–Crippen MR) is 85.1 cm³/mol. The number of aryl methyl sites for hydroxylation is 1. The molecule has 0 saturated carbocycles. The summed E-state index contributed by atoms with van der Waals surface area (Å²) in [5, 5.41) is 0. The molecule has 0 aliphatic carbocycles. The third-order valence-corrected chi connectivity index (χ3v) is 4.13. The molecular formula is C16H16N2O3S. The number of rotatable bonds is 5. The maximum atomic E-state index is 12.0. The van der Waals surface area contributed by atoms with Crippen LogP contribution in [0.1, 0.15) is 11.1 Å². The monoisotopic (exact) mass is 316 g/mol. The minimum Gasteiger partial charge on any atom is -0.274 e. The minimum atomic E-state index is -3.77. The van der Waals surface area contributed by atoms with Gasteiger partial charge in [0.05, 0.1) is 4.90 Å². The number of carbonyl (C=O) groups excluding carboxylic acids is 1. The molecule has 2 N–H and O–H groups in total. The lowest BCUT2D eigenvalue weighted by molar-refractivity contribution is -0.116. The van der Waals surface area contributed by atoms with Crippen molar-refractivity contribution in [3.05, 3.63) is 71.8 Å². The standard InChI is InChI=1S/C16H16N2O3S/c1-13-7-10-15(11-8-13)22(20,21)18-17-16(19)12-9-14-5-3-2-4-6-14/h2-12,18H,1H3,(H,17,19)/b12-9-. The van der Waals surface area contributed by atoms with Crippen molar-refractivity contribution in [2.24, 2.45) is 0 Å². The van der Waals surface area contributed by atoms with Gasteiger partial charge in [0, 0.05) is 6.08 Å². The first-order valence-corrected chi connectivity index (χ1v) is 8.07. The van der Waals surface area contributed by atoms with Gasteiger partial charge in [0.15, 0.2) is 0 Å². The fourth-order valence-electron chi connectivity index (χ4n) is 1.67. The first kappa shape index (κ1) is 15.9. The number of amides is 1. The normalized spacial score (nSPS) is 11.5. The summed E-state index contributed by atoms with van der Waals surface area (Å²) >= 11 is 0. The Balaban J connectivity index is 1.95. The molecule has 0 saturated heterocycles. The van der Waals surface area contributed by atoms with Crippen molar-refractivity contribution < 1.29 is 13.2 Å². The van der Waals surface area contributed by atoms with Crippen molar-refractivity contribution in [1.82, 2.24) is 10.3 Å². The van der Waals surface area contributed by atoms with Crippen LogP contribution >= 0.6 is 0 Å². The Morgan fingerprint density at radius 2 is 1.64 bits per heavy atom. The molecule has 2 rings (SSSR count). The van der Waals surface area contributed by atoms with Gasteiger partial charge in [0.2, 0.25) is 0 Å². The zero-order chi connectivity index (χ0) is 16.0. The summed E-state index contributed by atoms with van der Waals surface area (Å²) in [7, 11) is -3.77. The van der Waals surface area contributed by atoms with Crippen molar-refractivity contribution in [1.29, 1.82) is 0 Å². The molecule has 0 aromatic heterocycles. The van der Waals surface area contributed by atoms with Gasteiger partial charge in [-0.15, -0.1) is 4.83 Å². The van der Waals surface area contributed by atoms with Crippen LogP contribution in [0, 0.1) is 6.92 Å². The zero-order valence-electron chi connectivity index (χ0n) is 12.0. The van der Waals surface area contributed by atoms with Gasteiger partial charge in [-0.2, -0.15) is 0 Å². The summed E-state index contributed by atoms with van der Waals surface area (Å²) in [5.41, 5.74) is 3.94. The summed E-state index contributed by atoms with van der Waals surface area (Å²) in [6, 6.07) is 15.5. The third kappa shape index (κ3) is 4.54. The molecule has 0 spiro atoms. The summed E-state index contributed by atoms with van der Waals surface area (Å²) in [6.07, 6.45) is 2.85. The third-order valence-electron chi connectivity index (χ3n) is 2.87. The van der Waals surface area contributed by atoms with Crippen LogP contribution in [0.5, 0.6) is 0 Å². The van der Waals surface area contributed by atoms with E-state index in [1.165, 1.54) is 18.2 Å². The van der Waals surface area contributed by atoms with E-state index in [9.17, 15) is 13.2 Å². The van der Waals surface area contributed by atoms with Crippen LogP contribution in [0.2, 0.25) is 0 Å². The summed E-state index contributed by atoms with van der Waals surface area (Å²) in [5.74, 6) is -0.556. The first-order chi connectivity index (χ1) is 10.5. The second-order valence-corrected chi connectivity index (χ2v) is 6.33. The molecule has 22 heavy (non-hydrogen) atoms. The van der Waals surface area contributed by atoms with Crippen molar-refractivity contribution in [2.75, 3.05) is 0 Å². The highest BCUT2D eigenvalue weighted by Gasteiger charge is 2.13. The Morgan fingerprint density at radius 3 is 2.27 bits per heavy atom. The molecular weight excluding hydrogens is 300 g/mol.